The second-order valence-electron chi connectivity index (χ2n) is 5.96. The van der Waals surface area contributed by atoms with Gasteiger partial charge in [-0.3, -0.25) is 15.5 Å². The maximum atomic E-state index is 11.5. The van der Waals surface area contributed by atoms with Gasteiger partial charge < -0.3 is 5.32 Å². The molecule has 3 N–H and O–H groups in total. The highest BCUT2D eigenvalue weighted by Gasteiger charge is 2.24. The Kier molecular flexibility index (Phi) is 5.43. The quantitative estimate of drug-likeness (QED) is 0.536. The maximum absolute atomic E-state index is 11.5. The van der Waals surface area contributed by atoms with Gasteiger partial charge in [-0.25, -0.2) is 15.4 Å². The normalized spacial score (nSPS) is 11.2. The third-order valence-corrected chi connectivity index (χ3v) is 3.12. The third-order valence-electron chi connectivity index (χ3n) is 2.69. The molecule has 0 atom stereocenters. The van der Waals surface area contributed by atoms with Crippen LogP contribution in [0.15, 0.2) is 24.5 Å². The minimum atomic E-state index is -0.568. The molecule has 2 aromatic rings. The summed E-state index contributed by atoms with van der Waals surface area (Å²) in [6, 6.07) is 4.72. The Morgan fingerprint density at radius 1 is 1.08 bits per heavy atom. The predicted molar refractivity (Wildman–Crippen MR) is 94.9 cm³/mol. The number of anilines is 3. The maximum Gasteiger partial charge on any atom is 0.354 e. The molecule has 1 heterocycles. The highest BCUT2D eigenvalue weighted by atomic mass is 35.5. The van der Waals surface area contributed by atoms with Crippen LogP contribution in [0.5, 0.6) is 0 Å². The van der Waals surface area contributed by atoms with Crippen LogP contribution in [0, 0.1) is 10.1 Å². The number of aromatic nitrogens is 2. The summed E-state index contributed by atoms with van der Waals surface area (Å²) in [5.74, 6) is 0.0621. The average molecular weight is 371 g/mol. The summed E-state index contributed by atoms with van der Waals surface area (Å²) in [7, 11) is 0. The van der Waals surface area contributed by atoms with Crippen molar-refractivity contribution in [3.63, 3.8) is 0 Å². The van der Waals surface area contributed by atoms with Gasteiger partial charge in [0.25, 0.3) is 0 Å². The fourth-order valence-corrected chi connectivity index (χ4v) is 2.27. The van der Waals surface area contributed by atoms with Crippen molar-refractivity contribution in [2.24, 2.45) is 0 Å². The Balaban J connectivity index is 2.37. The largest absolute Gasteiger partial charge is 0.354 e. The molecule has 10 heteroatoms. The lowest BCUT2D eigenvalue weighted by molar-refractivity contribution is -0.383. The van der Waals surface area contributed by atoms with E-state index in [2.05, 4.69) is 26.1 Å². The van der Waals surface area contributed by atoms with Crippen LogP contribution in [-0.4, -0.2) is 20.4 Å². The topological polar surface area (TPSA) is 105 Å². The van der Waals surface area contributed by atoms with Crippen LogP contribution in [0.1, 0.15) is 20.8 Å². The van der Waals surface area contributed by atoms with Gasteiger partial charge in [0.2, 0.25) is 11.6 Å². The number of hydrogen-bond donors (Lipinski definition) is 3. The summed E-state index contributed by atoms with van der Waals surface area (Å²) in [6.07, 6.45) is 1.22. The van der Waals surface area contributed by atoms with Crippen LogP contribution in [0.25, 0.3) is 0 Å². The zero-order chi connectivity index (χ0) is 17.9. The first kappa shape index (κ1) is 18.2. The molecule has 24 heavy (non-hydrogen) atoms. The minimum absolute atomic E-state index is 0.0199. The molecule has 0 saturated carbocycles. The molecule has 0 bridgehead atoms. The number of nitro groups is 1. The summed E-state index contributed by atoms with van der Waals surface area (Å²) in [5.41, 5.74) is 5.54. The van der Waals surface area contributed by atoms with Crippen LogP contribution in [0.3, 0.4) is 0 Å². The van der Waals surface area contributed by atoms with Crippen LogP contribution >= 0.6 is 23.2 Å². The molecule has 2 rings (SSSR count). The summed E-state index contributed by atoms with van der Waals surface area (Å²) in [5, 5.41) is 15.1. The Morgan fingerprint density at radius 2 is 1.67 bits per heavy atom. The molecular formula is C14H16Cl2N6O2. The fourth-order valence-electron chi connectivity index (χ4n) is 1.74. The van der Waals surface area contributed by atoms with Crippen molar-refractivity contribution >= 4 is 46.2 Å². The highest BCUT2D eigenvalue weighted by Crippen LogP contribution is 2.32. The molecule has 128 valence electrons. The third kappa shape index (κ3) is 4.92. The molecule has 0 spiro atoms. The standard InChI is InChI=1S/C14H16Cl2N6O2/c1-14(2,3)21-20-13-11(22(23)24)12(17-7-18-13)19-10-5-8(15)4-9(16)6-10/h4-7,21H,1-3H3,(H2,17,18,19,20). The Hall–Kier alpha value is -2.16. The number of benzene rings is 1. The molecule has 1 aromatic carbocycles. The van der Waals surface area contributed by atoms with Crippen molar-refractivity contribution in [2.45, 2.75) is 26.3 Å². The molecule has 0 aliphatic heterocycles. The first-order valence-electron chi connectivity index (χ1n) is 6.91. The summed E-state index contributed by atoms with van der Waals surface area (Å²) < 4.78 is 0. The van der Waals surface area contributed by atoms with Gasteiger partial charge in [-0.2, -0.15) is 0 Å². The van der Waals surface area contributed by atoms with Crippen molar-refractivity contribution in [1.29, 1.82) is 0 Å². The van der Waals surface area contributed by atoms with E-state index in [0.717, 1.165) is 0 Å². The second-order valence-corrected chi connectivity index (χ2v) is 6.83. The lowest BCUT2D eigenvalue weighted by Gasteiger charge is -2.21. The number of hydrazine groups is 1. The van der Waals surface area contributed by atoms with Gasteiger partial charge in [-0.15, -0.1) is 0 Å². The SMILES string of the molecule is CC(C)(C)NNc1ncnc(Nc2cc(Cl)cc(Cl)c2)c1[N+](=O)[O-]. The van der Waals surface area contributed by atoms with Crippen molar-refractivity contribution in [3.05, 3.63) is 44.7 Å². The number of nitrogens with one attached hydrogen (secondary N) is 3. The van der Waals surface area contributed by atoms with Crippen LogP contribution < -0.4 is 16.2 Å². The Morgan fingerprint density at radius 3 is 2.21 bits per heavy atom. The summed E-state index contributed by atoms with van der Waals surface area (Å²) in [4.78, 5) is 18.8. The van der Waals surface area contributed by atoms with E-state index in [1.807, 2.05) is 20.8 Å². The van der Waals surface area contributed by atoms with Crippen molar-refractivity contribution in [2.75, 3.05) is 10.7 Å². The zero-order valence-electron chi connectivity index (χ0n) is 13.2. The van der Waals surface area contributed by atoms with Crippen molar-refractivity contribution in [1.82, 2.24) is 15.4 Å². The van der Waals surface area contributed by atoms with Gasteiger partial charge in [0, 0.05) is 21.3 Å². The van der Waals surface area contributed by atoms with E-state index in [1.165, 1.54) is 6.33 Å². The molecule has 0 unspecified atom stereocenters. The smallest absolute Gasteiger partial charge is 0.334 e. The van der Waals surface area contributed by atoms with Crippen molar-refractivity contribution in [3.8, 4) is 0 Å². The van der Waals surface area contributed by atoms with E-state index in [0.29, 0.717) is 15.7 Å². The van der Waals surface area contributed by atoms with Gasteiger partial charge in [-0.05, 0) is 39.0 Å². The van der Waals surface area contributed by atoms with Gasteiger partial charge in [0.1, 0.15) is 6.33 Å². The van der Waals surface area contributed by atoms with Crippen LogP contribution in [0.4, 0.5) is 23.0 Å². The van der Waals surface area contributed by atoms with E-state index in [4.69, 9.17) is 23.2 Å². The average Bonchev–Trinajstić information content (AvgIpc) is 2.43. The van der Waals surface area contributed by atoms with Gasteiger partial charge in [-0.1, -0.05) is 23.2 Å². The number of rotatable bonds is 5. The van der Waals surface area contributed by atoms with Gasteiger partial charge >= 0.3 is 5.69 Å². The number of halogens is 2. The van der Waals surface area contributed by atoms with E-state index in [9.17, 15) is 10.1 Å². The first-order valence-corrected chi connectivity index (χ1v) is 7.67. The Labute approximate surface area is 148 Å². The monoisotopic (exact) mass is 370 g/mol. The van der Waals surface area contributed by atoms with Gasteiger partial charge in [0.15, 0.2) is 0 Å². The second kappa shape index (κ2) is 7.16. The van der Waals surface area contributed by atoms with E-state index in [1.54, 1.807) is 18.2 Å². The molecule has 1 aromatic heterocycles. The molecule has 0 saturated heterocycles. The van der Waals surface area contributed by atoms with E-state index in [-0.39, 0.29) is 22.9 Å². The molecular weight excluding hydrogens is 355 g/mol. The predicted octanol–water partition coefficient (Wildman–Crippen LogP) is 4.15. The summed E-state index contributed by atoms with van der Waals surface area (Å²) >= 11 is 11.9. The van der Waals surface area contributed by atoms with Crippen molar-refractivity contribution < 1.29 is 4.92 Å². The van der Waals surface area contributed by atoms with E-state index < -0.39 is 4.92 Å². The minimum Gasteiger partial charge on any atom is -0.334 e. The lowest BCUT2D eigenvalue weighted by atomic mass is 10.1. The first-order chi connectivity index (χ1) is 11.2. The molecule has 8 nitrogen and oxygen atoms in total. The molecule has 0 amide bonds. The molecule has 0 fully saturated rings. The fraction of sp³-hybridized carbons (Fsp3) is 0.286. The number of nitrogens with zero attached hydrogens (tertiary/aromatic N) is 3. The Bertz CT molecular complexity index is 743. The molecule has 0 aliphatic rings. The number of hydrogen-bond acceptors (Lipinski definition) is 7. The molecule has 0 radical (unpaired) electrons. The van der Waals surface area contributed by atoms with E-state index >= 15 is 0 Å². The van der Waals surface area contributed by atoms with Crippen LogP contribution in [-0.2, 0) is 0 Å². The molecule has 0 aliphatic carbocycles. The van der Waals surface area contributed by atoms with Crippen LogP contribution in [0.2, 0.25) is 10.0 Å². The van der Waals surface area contributed by atoms with Gasteiger partial charge in [0.05, 0.1) is 4.92 Å². The zero-order valence-corrected chi connectivity index (χ0v) is 14.7. The lowest BCUT2D eigenvalue weighted by Crippen LogP contribution is -2.40. The summed E-state index contributed by atoms with van der Waals surface area (Å²) in [6.45, 7) is 5.71. The highest BCUT2D eigenvalue weighted by molar-refractivity contribution is 6.35.